The second-order valence-corrected chi connectivity index (χ2v) is 18.5. The van der Waals surface area contributed by atoms with Gasteiger partial charge in [-0.2, -0.15) is 0 Å². The number of fused-ring (bicyclic) bond motifs is 2. The number of carbonyl (C=O) groups is 5. The van der Waals surface area contributed by atoms with Gasteiger partial charge in [0.05, 0.1) is 36.6 Å². The summed E-state index contributed by atoms with van der Waals surface area (Å²) in [6.07, 6.45) is 3.68. The first-order valence-electron chi connectivity index (χ1n) is 21.6. The molecule has 2 N–H and O–H groups in total. The van der Waals surface area contributed by atoms with Crippen molar-refractivity contribution in [2.45, 2.75) is 168 Å². The Morgan fingerprint density at radius 3 is 2.19 bits per heavy atom. The Morgan fingerprint density at radius 2 is 1.60 bits per heavy atom. The molecule has 1 aliphatic carbocycles. The molecule has 3 fully saturated rings. The summed E-state index contributed by atoms with van der Waals surface area (Å²) in [6.45, 7) is 17.7. The predicted molar refractivity (Wildman–Crippen MR) is 224 cm³/mol. The molecule has 1 saturated carbocycles. The van der Waals surface area contributed by atoms with Gasteiger partial charge in [0, 0.05) is 39.9 Å². The van der Waals surface area contributed by atoms with Gasteiger partial charge in [0.2, 0.25) is 23.6 Å². The third kappa shape index (κ3) is 11.3. The van der Waals surface area contributed by atoms with Crippen LogP contribution in [0.4, 0.5) is 4.79 Å². The highest BCUT2D eigenvalue weighted by Gasteiger charge is 2.53. The topological polar surface area (TPSA) is 147 Å². The minimum atomic E-state index is -0.870. The average molecular weight is 812 g/mol. The van der Waals surface area contributed by atoms with E-state index in [-0.39, 0.29) is 65.9 Å². The summed E-state index contributed by atoms with van der Waals surface area (Å²) in [6, 6.07) is 7.52. The molecule has 4 rings (SSSR count). The Bertz CT molecular complexity index is 1550. The van der Waals surface area contributed by atoms with Crippen LogP contribution in [0.1, 0.15) is 113 Å². The van der Waals surface area contributed by atoms with E-state index in [1.165, 1.54) is 0 Å². The van der Waals surface area contributed by atoms with E-state index in [1.807, 2.05) is 97.5 Å². The van der Waals surface area contributed by atoms with E-state index < -0.39 is 47.9 Å². The lowest BCUT2D eigenvalue weighted by molar-refractivity contribution is -0.148. The summed E-state index contributed by atoms with van der Waals surface area (Å²) in [5.74, 6) is -1.68. The highest BCUT2D eigenvalue weighted by atomic mass is 16.6. The van der Waals surface area contributed by atoms with Gasteiger partial charge in [-0.15, -0.1) is 0 Å². The van der Waals surface area contributed by atoms with E-state index in [9.17, 15) is 24.0 Å². The fourth-order valence-corrected chi connectivity index (χ4v) is 9.57. The van der Waals surface area contributed by atoms with Crippen LogP contribution in [0, 0.1) is 23.7 Å². The van der Waals surface area contributed by atoms with Crippen molar-refractivity contribution in [3.8, 4) is 0 Å². The molecule has 0 unspecified atom stereocenters. The quantitative estimate of drug-likeness (QED) is 0.196. The third-order valence-electron chi connectivity index (χ3n) is 12.7. The van der Waals surface area contributed by atoms with Crippen LogP contribution < -0.4 is 10.6 Å². The maximum Gasteiger partial charge on any atom is 0.411 e. The first-order valence-corrected chi connectivity index (χ1v) is 21.6. The zero-order valence-corrected chi connectivity index (χ0v) is 37.3. The van der Waals surface area contributed by atoms with Gasteiger partial charge in [0.15, 0.2) is 0 Å². The maximum absolute atomic E-state index is 14.5. The molecule has 13 nitrogen and oxygen atoms in total. The molecule has 13 heteroatoms. The molecule has 11 atom stereocenters. The summed E-state index contributed by atoms with van der Waals surface area (Å²) in [7, 11) is 4.88. The van der Waals surface area contributed by atoms with Crippen LogP contribution in [0.5, 0.6) is 0 Å². The summed E-state index contributed by atoms with van der Waals surface area (Å²) in [5.41, 5.74) is 0.433. The average Bonchev–Trinajstić information content (AvgIpc) is 3.93. The zero-order valence-electron chi connectivity index (χ0n) is 37.3. The number of benzene rings is 1. The maximum atomic E-state index is 14.5. The molecular weight excluding hydrogens is 739 g/mol. The molecule has 2 saturated heterocycles. The molecule has 2 bridgehead atoms. The molecule has 3 aliphatic rings. The molecule has 2 aliphatic heterocycles. The number of piperidine rings is 1. The van der Waals surface area contributed by atoms with Crippen LogP contribution in [0.15, 0.2) is 30.3 Å². The second kappa shape index (κ2) is 20.5. The van der Waals surface area contributed by atoms with E-state index in [4.69, 9.17) is 14.2 Å². The van der Waals surface area contributed by atoms with Crippen LogP contribution >= 0.6 is 0 Å². The lowest BCUT2D eigenvalue weighted by Crippen LogP contribution is -2.61. The van der Waals surface area contributed by atoms with Gasteiger partial charge in [-0.1, -0.05) is 71.4 Å². The minimum Gasteiger partial charge on any atom is -0.444 e. The van der Waals surface area contributed by atoms with Crippen LogP contribution in [0.2, 0.25) is 0 Å². The smallest absolute Gasteiger partial charge is 0.411 e. The number of likely N-dealkylation sites (tertiary alicyclic amines) is 2. The number of ether oxygens (including phenoxy) is 3. The number of rotatable bonds is 18. The van der Waals surface area contributed by atoms with Crippen LogP contribution in [-0.4, -0.2) is 126 Å². The Labute approximate surface area is 347 Å². The van der Waals surface area contributed by atoms with Crippen molar-refractivity contribution in [3.63, 3.8) is 0 Å². The van der Waals surface area contributed by atoms with Gasteiger partial charge in [-0.3, -0.25) is 24.1 Å². The molecule has 0 radical (unpaired) electrons. The Hall–Kier alpha value is -3.71. The normalized spacial score (nSPS) is 24.1. The molecule has 0 spiro atoms. The Balaban J connectivity index is 1.46. The molecule has 0 aromatic heterocycles. The fraction of sp³-hybridized carbons (Fsp3) is 0.756. The molecule has 1 aromatic carbocycles. The number of nitrogens with one attached hydrogen (secondary N) is 2. The van der Waals surface area contributed by atoms with Gasteiger partial charge in [0.1, 0.15) is 17.7 Å². The van der Waals surface area contributed by atoms with Gasteiger partial charge < -0.3 is 34.6 Å². The molecule has 58 heavy (non-hydrogen) atoms. The third-order valence-corrected chi connectivity index (χ3v) is 12.7. The van der Waals surface area contributed by atoms with Crippen molar-refractivity contribution in [3.05, 3.63) is 35.9 Å². The van der Waals surface area contributed by atoms with Gasteiger partial charge >= 0.3 is 6.09 Å². The van der Waals surface area contributed by atoms with Gasteiger partial charge in [-0.05, 0) is 89.5 Å². The van der Waals surface area contributed by atoms with Crippen LogP contribution in [0.3, 0.4) is 0 Å². The number of methoxy groups -OCH3 is 2. The van der Waals surface area contributed by atoms with Gasteiger partial charge in [0.25, 0.3) is 0 Å². The van der Waals surface area contributed by atoms with E-state index in [0.717, 1.165) is 37.7 Å². The fourth-order valence-electron chi connectivity index (χ4n) is 9.57. The molecule has 5 amide bonds. The number of hydrogen-bond donors (Lipinski definition) is 2. The monoisotopic (exact) mass is 812 g/mol. The van der Waals surface area contributed by atoms with Crippen molar-refractivity contribution in [1.82, 2.24) is 25.3 Å². The standard InChI is InChI=1S/C45H73N5O8/c1-13-28(4)38(48(10)43(54)37(27(2)3)47-42(53)39-32-21-22-33(25-32)50(39)44(55)58-45(7,8)9)35(56-11)26-36(51)49-23-17-20-34(49)40(57-12)30(6)41(52)46-29(5)24-31-18-15-14-16-19-31/h14-16,18-19,27-30,32-35,37-40H,13,17,20-26H2,1-12H3,(H,46,52)(H,47,53)/t28-,29+,30+,32-,33+,34-,35+,37-,38-,39-,40+/m0/s1. The van der Waals surface area contributed by atoms with E-state index in [1.54, 1.807) is 31.1 Å². The number of nitrogens with zero attached hydrogens (tertiary/aromatic N) is 3. The second-order valence-electron chi connectivity index (χ2n) is 18.5. The molecular formula is C45H73N5O8. The first-order chi connectivity index (χ1) is 27.3. The highest BCUT2D eigenvalue weighted by Crippen LogP contribution is 2.43. The zero-order chi connectivity index (χ0) is 43.1. The number of carbonyl (C=O) groups excluding carboxylic acids is 5. The van der Waals surface area contributed by atoms with Crippen molar-refractivity contribution < 1.29 is 38.2 Å². The molecule has 2 heterocycles. The summed E-state index contributed by atoms with van der Waals surface area (Å²) in [5, 5.41) is 6.20. The Morgan fingerprint density at radius 1 is 0.931 bits per heavy atom. The largest absolute Gasteiger partial charge is 0.444 e. The molecule has 326 valence electrons. The summed E-state index contributed by atoms with van der Waals surface area (Å²) in [4.78, 5) is 74.8. The SMILES string of the molecule is CC[C@H](C)[C@@H]([C@@H](CC(=O)N1CCC[C@H]1[C@H](OC)[C@@H](C)C(=O)N[C@H](C)Cc1ccccc1)OC)N(C)C(=O)[C@@H](NC(=O)[C@@H]1[C@H]2CC[C@H](C2)N1C(=O)OC(C)(C)C)C(C)C. The van der Waals surface area contributed by atoms with Gasteiger partial charge in [-0.25, -0.2) is 4.79 Å². The van der Waals surface area contributed by atoms with Crippen LogP contribution in [0.25, 0.3) is 0 Å². The Kier molecular flexibility index (Phi) is 16.6. The van der Waals surface area contributed by atoms with Crippen LogP contribution in [-0.2, 0) is 39.8 Å². The van der Waals surface area contributed by atoms with E-state index in [2.05, 4.69) is 10.6 Å². The summed E-state index contributed by atoms with van der Waals surface area (Å²) >= 11 is 0. The number of amides is 5. The lowest BCUT2D eigenvalue weighted by atomic mass is 9.89. The summed E-state index contributed by atoms with van der Waals surface area (Å²) < 4.78 is 17.8. The first kappa shape index (κ1) is 47.0. The minimum absolute atomic E-state index is 0.00241. The van der Waals surface area contributed by atoms with E-state index in [0.29, 0.717) is 19.4 Å². The molecule has 1 aromatic rings. The number of likely N-dealkylation sites (N-methyl/N-ethyl adjacent to an activating group) is 1. The van der Waals surface area contributed by atoms with Crippen molar-refractivity contribution >= 4 is 29.7 Å². The lowest BCUT2D eigenvalue weighted by Gasteiger charge is -2.41. The van der Waals surface area contributed by atoms with E-state index >= 15 is 0 Å². The highest BCUT2D eigenvalue weighted by molar-refractivity contribution is 5.92. The number of hydrogen-bond acceptors (Lipinski definition) is 8. The predicted octanol–water partition coefficient (Wildman–Crippen LogP) is 5.58. The van der Waals surface area contributed by atoms with Crippen molar-refractivity contribution in [1.29, 1.82) is 0 Å². The van der Waals surface area contributed by atoms with Crippen molar-refractivity contribution in [2.24, 2.45) is 23.7 Å². The van der Waals surface area contributed by atoms with Crippen molar-refractivity contribution in [2.75, 3.05) is 27.8 Å².